The summed E-state index contributed by atoms with van der Waals surface area (Å²) < 4.78 is 0. The number of aliphatic hydroxyl groups excluding tert-OH is 1. The van der Waals surface area contributed by atoms with E-state index in [0.29, 0.717) is 12.0 Å². The summed E-state index contributed by atoms with van der Waals surface area (Å²) in [6, 6.07) is 0. The van der Waals surface area contributed by atoms with Crippen molar-refractivity contribution in [2.24, 2.45) is 11.1 Å². The van der Waals surface area contributed by atoms with Gasteiger partial charge in [0, 0.05) is 0 Å². The van der Waals surface area contributed by atoms with Crippen molar-refractivity contribution < 1.29 is 9.90 Å². The van der Waals surface area contributed by atoms with E-state index in [9.17, 15) is 9.90 Å². The molecule has 1 rings (SSSR count). The number of carbonyl (C=O) groups is 1. The van der Waals surface area contributed by atoms with Gasteiger partial charge in [-0.3, -0.25) is 4.79 Å². The van der Waals surface area contributed by atoms with Crippen molar-refractivity contribution >= 4 is 5.78 Å². The Balaban J connectivity index is 3.23. The van der Waals surface area contributed by atoms with Gasteiger partial charge in [-0.1, -0.05) is 13.8 Å². The fourth-order valence-corrected chi connectivity index (χ4v) is 2.02. The molecule has 0 heterocycles. The smallest absolute Gasteiger partial charge is 0.187 e. The van der Waals surface area contributed by atoms with Crippen LogP contribution < -0.4 is 5.73 Å². The SMILES string of the molecule is CC1=C(/C=C/N)C(C)(C)C[C@H](O)C1=O. The maximum atomic E-state index is 11.5. The molecule has 0 saturated heterocycles. The van der Waals surface area contributed by atoms with Gasteiger partial charge in [-0.2, -0.15) is 0 Å². The van der Waals surface area contributed by atoms with Crippen LogP contribution in [0.25, 0.3) is 0 Å². The first-order valence-corrected chi connectivity index (χ1v) is 4.72. The van der Waals surface area contributed by atoms with Gasteiger partial charge in [0.1, 0.15) is 6.10 Å². The summed E-state index contributed by atoms with van der Waals surface area (Å²) in [6.45, 7) is 5.74. The molecule has 3 nitrogen and oxygen atoms in total. The zero-order valence-electron chi connectivity index (χ0n) is 8.87. The molecule has 0 unspecified atom stereocenters. The second-order valence-corrected chi connectivity index (χ2v) is 4.37. The predicted molar refractivity (Wildman–Crippen MR) is 55.4 cm³/mol. The van der Waals surface area contributed by atoms with E-state index in [1.54, 1.807) is 13.0 Å². The second kappa shape index (κ2) is 3.58. The number of nitrogens with two attached hydrogens (primary N) is 1. The molecule has 0 radical (unpaired) electrons. The third-order valence-corrected chi connectivity index (χ3v) is 2.77. The van der Waals surface area contributed by atoms with E-state index < -0.39 is 6.10 Å². The molecule has 0 aromatic carbocycles. The van der Waals surface area contributed by atoms with Gasteiger partial charge in [-0.15, -0.1) is 0 Å². The molecule has 0 aromatic heterocycles. The number of ketones is 1. The molecule has 3 N–H and O–H groups in total. The third kappa shape index (κ3) is 1.73. The summed E-state index contributed by atoms with van der Waals surface area (Å²) in [6.07, 6.45) is 2.79. The molecule has 0 bridgehead atoms. The summed E-state index contributed by atoms with van der Waals surface area (Å²) in [5, 5.41) is 9.53. The Morgan fingerprint density at radius 1 is 1.57 bits per heavy atom. The Bertz CT molecular complexity index is 313. The maximum Gasteiger partial charge on any atom is 0.187 e. The summed E-state index contributed by atoms with van der Waals surface area (Å²) in [7, 11) is 0. The van der Waals surface area contributed by atoms with Crippen LogP contribution in [0.5, 0.6) is 0 Å². The number of allylic oxidation sites excluding steroid dienone is 2. The van der Waals surface area contributed by atoms with E-state index in [4.69, 9.17) is 5.73 Å². The lowest BCUT2D eigenvalue weighted by Gasteiger charge is -2.34. The first kappa shape index (κ1) is 11.0. The van der Waals surface area contributed by atoms with E-state index in [1.165, 1.54) is 6.20 Å². The highest BCUT2D eigenvalue weighted by Crippen LogP contribution is 2.39. The molecule has 0 fully saturated rings. The van der Waals surface area contributed by atoms with Crippen molar-refractivity contribution in [1.29, 1.82) is 0 Å². The highest BCUT2D eigenvalue weighted by atomic mass is 16.3. The molecule has 0 spiro atoms. The van der Waals surface area contributed by atoms with Crippen LogP contribution in [-0.2, 0) is 4.79 Å². The van der Waals surface area contributed by atoms with Gasteiger partial charge in [0.15, 0.2) is 5.78 Å². The van der Waals surface area contributed by atoms with Crippen LogP contribution in [0.4, 0.5) is 0 Å². The van der Waals surface area contributed by atoms with Crippen molar-refractivity contribution in [2.75, 3.05) is 0 Å². The third-order valence-electron chi connectivity index (χ3n) is 2.77. The monoisotopic (exact) mass is 195 g/mol. The van der Waals surface area contributed by atoms with Gasteiger partial charge in [0.2, 0.25) is 0 Å². The molecular weight excluding hydrogens is 178 g/mol. The van der Waals surface area contributed by atoms with Crippen LogP contribution >= 0.6 is 0 Å². The maximum absolute atomic E-state index is 11.5. The van der Waals surface area contributed by atoms with E-state index >= 15 is 0 Å². The van der Waals surface area contributed by atoms with E-state index in [1.807, 2.05) is 13.8 Å². The zero-order valence-corrected chi connectivity index (χ0v) is 8.87. The molecule has 0 saturated carbocycles. The normalized spacial score (nSPS) is 27.4. The van der Waals surface area contributed by atoms with Crippen LogP contribution in [0.3, 0.4) is 0 Å². The molecule has 0 amide bonds. The Morgan fingerprint density at radius 2 is 2.14 bits per heavy atom. The Hall–Kier alpha value is -1.09. The molecular formula is C11H17NO2. The van der Waals surface area contributed by atoms with Crippen molar-refractivity contribution in [2.45, 2.75) is 33.3 Å². The highest BCUT2D eigenvalue weighted by molar-refractivity contribution is 6.00. The van der Waals surface area contributed by atoms with E-state index in [0.717, 1.165) is 5.57 Å². The molecule has 1 atom stereocenters. The van der Waals surface area contributed by atoms with Gasteiger partial charge >= 0.3 is 0 Å². The topological polar surface area (TPSA) is 63.3 Å². The van der Waals surface area contributed by atoms with Gasteiger partial charge in [-0.25, -0.2) is 0 Å². The largest absolute Gasteiger partial charge is 0.405 e. The quantitative estimate of drug-likeness (QED) is 0.659. The fraction of sp³-hybridized carbons (Fsp3) is 0.545. The first-order valence-electron chi connectivity index (χ1n) is 4.72. The number of carbonyl (C=O) groups excluding carboxylic acids is 1. The molecule has 1 aliphatic carbocycles. The van der Waals surface area contributed by atoms with Crippen molar-refractivity contribution in [3.8, 4) is 0 Å². The molecule has 78 valence electrons. The van der Waals surface area contributed by atoms with Gasteiger partial charge in [0.05, 0.1) is 0 Å². The lowest BCUT2D eigenvalue weighted by Crippen LogP contribution is -2.35. The lowest BCUT2D eigenvalue weighted by molar-refractivity contribution is -0.125. The van der Waals surface area contributed by atoms with E-state index in [2.05, 4.69) is 0 Å². The Labute approximate surface area is 84.3 Å². The summed E-state index contributed by atoms with van der Waals surface area (Å²) >= 11 is 0. The molecule has 0 aliphatic heterocycles. The molecule has 1 aliphatic rings. The first-order chi connectivity index (χ1) is 6.40. The van der Waals surface area contributed by atoms with Crippen LogP contribution in [0.2, 0.25) is 0 Å². The van der Waals surface area contributed by atoms with Gasteiger partial charge in [0.25, 0.3) is 0 Å². The standard InChI is InChI=1S/C11H17NO2/c1-7-8(4-5-12)11(2,3)6-9(13)10(7)14/h4-5,9,13H,6,12H2,1-3H3/b5-4+/t9-/m0/s1. The van der Waals surface area contributed by atoms with Crippen LogP contribution in [0, 0.1) is 5.41 Å². The average Bonchev–Trinajstić information content (AvgIpc) is 2.08. The zero-order chi connectivity index (χ0) is 10.9. The van der Waals surface area contributed by atoms with E-state index in [-0.39, 0.29) is 11.2 Å². The molecule has 3 heteroatoms. The highest BCUT2D eigenvalue weighted by Gasteiger charge is 2.36. The Morgan fingerprint density at radius 3 is 2.64 bits per heavy atom. The number of rotatable bonds is 1. The summed E-state index contributed by atoms with van der Waals surface area (Å²) in [4.78, 5) is 11.5. The number of aliphatic hydroxyl groups is 1. The molecule has 0 aromatic rings. The second-order valence-electron chi connectivity index (χ2n) is 4.37. The number of hydrogen-bond acceptors (Lipinski definition) is 3. The molecule has 14 heavy (non-hydrogen) atoms. The average molecular weight is 195 g/mol. The van der Waals surface area contributed by atoms with Crippen molar-refractivity contribution in [3.63, 3.8) is 0 Å². The minimum Gasteiger partial charge on any atom is -0.405 e. The van der Waals surface area contributed by atoms with Crippen LogP contribution in [-0.4, -0.2) is 17.0 Å². The minimum atomic E-state index is -0.861. The Kier molecular flexibility index (Phi) is 2.81. The lowest BCUT2D eigenvalue weighted by atomic mass is 9.71. The van der Waals surface area contributed by atoms with Gasteiger partial charge in [-0.05, 0) is 42.2 Å². The van der Waals surface area contributed by atoms with Crippen LogP contribution in [0.15, 0.2) is 23.4 Å². The summed E-state index contributed by atoms with van der Waals surface area (Å²) in [5.41, 5.74) is 6.69. The number of Topliss-reactive ketones (excluding diaryl/α,β-unsaturated/α-hetero) is 1. The predicted octanol–water partition coefficient (Wildman–Crippen LogP) is 1.14. The van der Waals surface area contributed by atoms with Gasteiger partial charge < -0.3 is 10.8 Å². The minimum absolute atomic E-state index is 0.183. The van der Waals surface area contributed by atoms with Crippen molar-refractivity contribution in [1.82, 2.24) is 0 Å². The number of hydrogen-bond donors (Lipinski definition) is 2. The summed E-state index contributed by atoms with van der Waals surface area (Å²) in [5.74, 6) is -0.183. The van der Waals surface area contributed by atoms with Crippen molar-refractivity contribution in [3.05, 3.63) is 23.4 Å². The van der Waals surface area contributed by atoms with Crippen LogP contribution in [0.1, 0.15) is 27.2 Å². The fourth-order valence-electron chi connectivity index (χ4n) is 2.02.